The van der Waals surface area contributed by atoms with Gasteiger partial charge >= 0.3 is 0 Å². The summed E-state index contributed by atoms with van der Waals surface area (Å²) >= 11 is 0. The Morgan fingerprint density at radius 1 is 1.17 bits per heavy atom. The highest BCUT2D eigenvalue weighted by Gasteiger charge is 2.16. The molecular formula is C9H7NO2. The highest BCUT2D eigenvalue weighted by atomic mass is 16.7. The Labute approximate surface area is 68.9 Å². The smallest absolute Gasteiger partial charge is 0.231 e. The van der Waals surface area contributed by atoms with Crippen LogP contribution in [0.4, 0.5) is 0 Å². The minimum Gasteiger partial charge on any atom is -0.454 e. The van der Waals surface area contributed by atoms with E-state index in [0.717, 1.165) is 22.4 Å². The fraction of sp³-hybridized carbons (Fsp3) is 0.111. The Kier molecular flexibility index (Phi) is 0.961. The number of nitrogens with one attached hydrogen (secondary N) is 1. The molecule has 2 heterocycles. The lowest BCUT2D eigenvalue weighted by atomic mass is 10.2. The Hall–Kier alpha value is -1.64. The second-order valence-corrected chi connectivity index (χ2v) is 2.74. The monoisotopic (exact) mass is 161 g/mol. The van der Waals surface area contributed by atoms with Gasteiger partial charge in [0.05, 0.1) is 0 Å². The molecule has 1 aliphatic rings. The molecule has 0 bridgehead atoms. The van der Waals surface area contributed by atoms with Gasteiger partial charge in [-0.1, -0.05) is 0 Å². The number of aromatic nitrogens is 1. The van der Waals surface area contributed by atoms with Crippen LogP contribution in [0.5, 0.6) is 11.5 Å². The predicted molar refractivity (Wildman–Crippen MR) is 44.4 cm³/mol. The van der Waals surface area contributed by atoms with Gasteiger partial charge in [0.15, 0.2) is 11.5 Å². The van der Waals surface area contributed by atoms with Crippen molar-refractivity contribution in [1.29, 1.82) is 0 Å². The van der Waals surface area contributed by atoms with Gasteiger partial charge in [-0.3, -0.25) is 0 Å². The highest BCUT2D eigenvalue weighted by molar-refractivity contribution is 5.88. The second-order valence-electron chi connectivity index (χ2n) is 2.74. The van der Waals surface area contributed by atoms with Crippen LogP contribution in [0.25, 0.3) is 10.9 Å². The molecule has 0 unspecified atom stereocenters. The molecule has 12 heavy (non-hydrogen) atoms. The zero-order valence-electron chi connectivity index (χ0n) is 6.33. The minimum absolute atomic E-state index is 0.333. The average molecular weight is 161 g/mol. The summed E-state index contributed by atoms with van der Waals surface area (Å²) in [6.45, 7) is 0.333. The summed E-state index contributed by atoms with van der Waals surface area (Å²) < 4.78 is 10.6. The van der Waals surface area contributed by atoms with Crippen molar-refractivity contribution < 1.29 is 9.47 Å². The Bertz CT molecular complexity index is 433. The Morgan fingerprint density at radius 2 is 2.17 bits per heavy atom. The van der Waals surface area contributed by atoms with Gasteiger partial charge in [0.25, 0.3) is 0 Å². The number of fused-ring (bicyclic) bond motifs is 3. The lowest BCUT2D eigenvalue weighted by Crippen LogP contribution is -1.93. The minimum atomic E-state index is 0.333. The molecule has 0 saturated carbocycles. The first-order valence-electron chi connectivity index (χ1n) is 3.81. The molecule has 0 aliphatic carbocycles. The van der Waals surface area contributed by atoms with Crippen molar-refractivity contribution in [3.05, 3.63) is 24.4 Å². The quantitative estimate of drug-likeness (QED) is 0.640. The molecule has 1 aliphatic heterocycles. The SMILES string of the molecule is c1cc2c3c(ccc2[nH]1)OCO3. The lowest BCUT2D eigenvalue weighted by molar-refractivity contribution is 0.175. The molecule has 0 saturated heterocycles. The van der Waals surface area contributed by atoms with Gasteiger partial charge in [-0.25, -0.2) is 0 Å². The van der Waals surface area contributed by atoms with E-state index < -0.39 is 0 Å². The summed E-state index contributed by atoms with van der Waals surface area (Å²) in [6.07, 6.45) is 1.90. The molecule has 0 amide bonds. The molecule has 0 atom stereocenters. The van der Waals surface area contributed by atoms with Crippen LogP contribution in [0.15, 0.2) is 24.4 Å². The first-order valence-corrected chi connectivity index (χ1v) is 3.81. The summed E-state index contributed by atoms with van der Waals surface area (Å²) in [5.74, 6) is 1.69. The molecule has 0 spiro atoms. The zero-order chi connectivity index (χ0) is 7.97. The van der Waals surface area contributed by atoms with E-state index in [1.54, 1.807) is 0 Å². The number of hydrogen-bond donors (Lipinski definition) is 1. The van der Waals surface area contributed by atoms with Crippen LogP contribution in [0.2, 0.25) is 0 Å². The van der Waals surface area contributed by atoms with Crippen LogP contribution in [-0.2, 0) is 0 Å². The van der Waals surface area contributed by atoms with Gasteiger partial charge in [-0.2, -0.15) is 0 Å². The van der Waals surface area contributed by atoms with Crippen LogP contribution < -0.4 is 9.47 Å². The molecule has 3 rings (SSSR count). The number of H-pyrrole nitrogens is 1. The average Bonchev–Trinajstić information content (AvgIpc) is 2.71. The fourth-order valence-corrected chi connectivity index (χ4v) is 1.50. The predicted octanol–water partition coefficient (Wildman–Crippen LogP) is 1.90. The van der Waals surface area contributed by atoms with Crippen molar-refractivity contribution in [2.45, 2.75) is 0 Å². The molecule has 0 radical (unpaired) electrons. The maximum Gasteiger partial charge on any atom is 0.231 e. The van der Waals surface area contributed by atoms with Crippen LogP contribution in [0.1, 0.15) is 0 Å². The Morgan fingerprint density at radius 3 is 3.17 bits per heavy atom. The number of ether oxygens (including phenoxy) is 2. The van der Waals surface area contributed by atoms with Crippen molar-refractivity contribution in [2.75, 3.05) is 6.79 Å². The van der Waals surface area contributed by atoms with Gasteiger partial charge in [0.2, 0.25) is 6.79 Å². The molecule has 0 fully saturated rings. The first-order chi connectivity index (χ1) is 5.95. The number of rotatable bonds is 0. The molecule has 2 aromatic rings. The summed E-state index contributed by atoms with van der Waals surface area (Å²) in [5.41, 5.74) is 1.08. The van der Waals surface area contributed by atoms with E-state index in [9.17, 15) is 0 Å². The van der Waals surface area contributed by atoms with Crippen LogP contribution in [0, 0.1) is 0 Å². The third-order valence-corrected chi connectivity index (χ3v) is 2.07. The number of aromatic amines is 1. The van der Waals surface area contributed by atoms with Gasteiger partial charge < -0.3 is 14.5 Å². The van der Waals surface area contributed by atoms with Gasteiger partial charge in [0.1, 0.15) is 0 Å². The molecular weight excluding hydrogens is 154 g/mol. The van der Waals surface area contributed by atoms with E-state index in [1.165, 1.54) is 0 Å². The topological polar surface area (TPSA) is 34.2 Å². The highest BCUT2D eigenvalue weighted by Crippen LogP contribution is 2.38. The normalized spacial score (nSPS) is 14.0. The third-order valence-electron chi connectivity index (χ3n) is 2.07. The number of hydrogen-bond acceptors (Lipinski definition) is 2. The van der Waals surface area contributed by atoms with E-state index >= 15 is 0 Å². The summed E-state index contributed by atoms with van der Waals surface area (Å²) in [5, 5.41) is 1.09. The third kappa shape index (κ3) is 0.605. The van der Waals surface area contributed by atoms with Crippen LogP contribution in [0.3, 0.4) is 0 Å². The van der Waals surface area contributed by atoms with E-state index in [0.29, 0.717) is 6.79 Å². The maximum absolute atomic E-state index is 5.33. The van der Waals surface area contributed by atoms with E-state index in [-0.39, 0.29) is 0 Å². The zero-order valence-corrected chi connectivity index (χ0v) is 6.33. The van der Waals surface area contributed by atoms with Crippen LogP contribution >= 0.6 is 0 Å². The number of benzene rings is 1. The Balaban J connectivity index is 2.46. The first kappa shape index (κ1) is 5.94. The molecule has 1 aromatic carbocycles. The van der Waals surface area contributed by atoms with Gasteiger partial charge in [-0.15, -0.1) is 0 Å². The summed E-state index contributed by atoms with van der Waals surface area (Å²) in [4.78, 5) is 3.11. The standard InChI is InChI=1S/C9H7NO2/c1-2-8-9(12-5-11-8)6-3-4-10-7(1)6/h1-4,10H,5H2. The maximum atomic E-state index is 5.33. The molecule has 3 heteroatoms. The molecule has 1 aromatic heterocycles. The van der Waals surface area contributed by atoms with Crippen molar-refractivity contribution >= 4 is 10.9 Å². The fourth-order valence-electron chi connectivity index (χ4n) is 1.50. The van der Waals surface area contributed by atoms with E-state index in [1.807, 2.05) is 24.4 Å². The summed E-state index contributed by atoms with van der Waals surface area (Å²) in [7, 11) is 0. The van der Waals surface area contributed by atoms with Crippen molar-refractivity contribution in [3.63, 3.8) is 0 Å². The van der Waals surface area contributed by atoms with Crippen LogP contribution in [-0.4, -0.2) is 11.8 Å². The van der Waals surface area contributed by atoms with Crippen molar-refractivity contribution in [1.82, 2.24) is 4.98 Å². The largest absolute Gasteiger partial charge is 0.454 e. The van der Waals surface area contributed by atoms with Crippen molar-refractivity contribution in [2.24, 2.45) is 0 Å². The molecule has 1 N–H and O–H groups in total. The second kappa shape index (κ2) is 1.94. The van der Waals surface area contributed by atoms with Gasteiger partial charge in [0, 0.05) is 17.1 Å². The van der Waals surface area contributed by atoms with E-state index in [4.69, 9.17) is 9.47 Å². The molecule has 3 nitrogen and oxygen atoms in total. The molecule has 60 valence electrons. The van der Waals surface area contributed by atoms with Crippen molar-refractivity contribution in [3.8, 4) is 11.5 Å². The summed E-state index contributed by atoms with van der Waals surface area (Å²) in [6, 6.07) is 5.90. The van der Waals surface area contributed by atoms with Gasteiger partial charge in [-0.05, 0) is 18.2 Å². The lowest BCUT2D eigenvalue weighted by Gasteiger charge is -1.95. The van der Waals surface area contributed by atoms with E-state index in [2.05, 4.69) is 4.98 Å².